The van der Waals surface area contributed by atoms with Gasteiger partial charge in [0.25, 0.3) is 0 Å². The van der Waals surface area contributed by atoms with Crippen molar-refractivity contribution in [2.45, 2.75) is 0 Å². The van der Waals surface area contributed by atoms with Crippen molar-refractivity contribution < 1.29 is 4.42 Å². The maximum atomic E-state index is 10.2. The predicted octanol–water partition coefficient (Wildman–Crippen LogP) is 10.7. The van der Waals surface area contributed by atoms with Crippen molar-refractivity contribution in [3.63, 3.8) is 0 Å². The van der Waals surface area contributed by atoms with Crippen LogP contribution in [-0.4, -0.2) is 14.1 Å². The van der Waals surface area contributed by atoms with Gasteiger partial charge in [-0.05, 0) is 77.9 Å². The third kappa shape index (κ3) is 3.73. The third-order valence-electron chi connectivity index (χ3n) is 9.34. The van der Waals surface area contributed by atoms with Crippen LogP contribution in [0.5, 0.6) is 0 Å². The zero-order valence-electron chi connectivity index (χ0n) is 25.1. The van der Waals surface area contributed by atoms with Crippen molar-refractivity contribution in [3.05, 3.63) is 151 Å². The van der Waals surface area contributed by atoms with Gasteiger partial charge in [-0.1, -0.05) is 66.7 Å². The minimum absolute atomic E-state index is 0.609. The fourth-order valence-corrected chi connectivity index (χ4v) is 7.32. The zero-order chi connectivity index (χ0) is 31.1. The third-order valence-corrected chi connectivity index (χ3v) is 9.34. The maximum Gasteiger partial charge on any atom is 0.137 e. The van der Waals surface area contributed by atoms with Gasteiger partial charge in [0.15, 0.2) is 0 Å². The lowest BCUT2D eigenvalue weighted by Gasteiger charge is -2.13. The minimum Gasteiger partial charge on any atom is -0.456 e. The summed E-state index contributed by atoms with van der Waals surface area (Å²) in [6.07, 6.45) is 1.85. The molecule has 0 unspecified atom stereocenters. The summed E-state index contributed by atoms with van der Waals surface area (Å²) in [5.74, 6) is 0. The van der Waals surface area contributed by atoms with Crippen LogP contribution in [0.15, 0.2) is 150 Å². The number of para-hydroxylation sites is 3. The predicted molar refractivity (Wildman–Crippen MR) is 190 cm³/mol. The molecule has 0 aliphatic rings. The zero-order valence-corrected chi connectivity index (χ0v) is 25.1. The fourth-order valence-electron chi connectivity index (χ4n) is 7.32. The highest BCUT2D eigenvalue weighted by molar-refractivity contribution is 6.16. The Morgan fingerprint density at radius 1 is 0.489 bits per heavy atom. The SMILES string of the molecule is N#Cc1cc(-c2cccc(-n3c4cc5oc6ccccc6c5cc4c4ncccc43)c2)cc(-n2c3ccccc3c3ccccc32)c1. The van der Waals surface area contributed by atoms with E-state index < -0.39 is 0 Å². The van der Waals surface area contributed by atoms with Crippen molar-refractivity contribution in [2.24, 2.45) is 0 Å². The first-order chi connectivity index (χ1) is 23.2. The van der Waals surface area contributed by atoms with Gasteiger partial charge in [0.05, 0.1) is 39.2 Å². The molecular formula is C42H24N4O. The van der Waals surface area contributed by atoms with E-state index in [-0.39, 0.29) is 0 Å². The number of nitrogens with zero attached hydrogens (tertiary/aromatic N) is 4. The van der Waals surface area contributed by atoms with E-state index in [4.69, 9.17) is 9.40 Å². The van der Waals surface area contributed by atoms with Crippen LogP contribution in [0.25, 0.3) is 88.2 Å². The molecule has 4 heterocycles. The Balaban J connectivity index is 1.20. The summed E-state index contributed by atoms with van der Waals surface area (Å²) in [4.78, 5) is 4.83. The van der Waals surface area contributed by atoms with Crippen LogP contribution in [0.1, 0.15) is 5.56 Å². The molecule has 10 rings (SSSR count). The molecule has 0 bridgehead atoms. The molecule has 47 heavy (non-hydrogen) atoms. The summed E-state index contributed by atoms with van der Waals surface area (Å²) in [7, 11) is 0. The lowest BCUT2D eigenvalue weighted by Crippen LogP contribution is -1.97. The summed E-state index contributed by atoms with van der Waals surface area (Å²) < 4.78 is 10.8. The van der Waals surface area contributed by atoms with Crippen molar-refractivity contribution in [1.29, 1.82) is 5.26 Å². The summed E-state index contributed by atoms with van der Waals surface area (Å²) in [5, 5.41) is 15.8. The number of pyridine rings is 1. The topological polar surface area (TPSA) is 59.7 Å². The number of furan rings is 1. The van der Waals surface area contributed by atoms with Gasteiger partial charge < -0.3 is 13.6 Å². The Bertz CT molecular complexity index is 2880. The first kappa shape index (κ1) is 25.7. The number of benzene rings is 6. The number of rotatable bonds is 3. The standard InChI is InChI=1S/C42H24N4O/c43-25-26-19-28(22-30(20-26)46-36-14-4-1-11-31(36)32-12-2-5-15-37(32)46)27-9-7-10-29(21-27)45-38-16-8-18-44-42(38)35-23-34-33-13-3-6-17-40(33)47-41(34)24-39(35)45/h1-24H. The van der Waals surface area contributed by atoms with Crippen LogP contribution in [-0.2, 0) is 0 Å². The van der Waals surface area contributed by atoms with Gasteiger partial charge in [-0.25, -0.2) is 0 Å². The second kappa shape index (κ2) is 9.68. The summed E-state index contributed by atoms with van der Waals surface area (Å²) >= 11 is 0. The molecule has 0 aliphatic heterocycles. The summed E-state index contributed by atoms with van der Waals surface area (Å²) in [6, 6.07) is 50.5. The molecule has 0 saturated carbocycles. The molecule has 0 saturated heterocycles. The van der Waals surface area contributed by atoms with Gasteiger partial charge in [-0.3, -0.25) is 4.98 Å². The van der Waals surface area contributed by atoms with E-state index in [0.717, 1.165) is 77.4 Å². The van der Waals surface area contributed by atoms with E-state index in [2.05, 4.69) is 118 Å². The minimum atomic E-state index is 0.609. The Hall–Kier alpha value is -6.64. The Morgan fingerprint density at radius 3 is 2.00 bits per heavy atom. The van der Waals surface area contributed by atoms with Gasteiger partial charge in [0, 0.05) is 50.6 Å². The van der Waals surface area contributed by atoms with Crippen LogP contribution in [0.4, 0.5) is 0 Å². The first-order valence-electron chi connectivity index (χ1n) is 15.6. The lowest BCUT2D eigenvalue weighted by molar-refractivity contribution is 0.669. The van der Waals surface area contributed by atoms with E-state index in [1.807, 2.05) is 42.6 Å². The van der Waals surface area contributed by atoms with Gasteiger partial charge in [0.2, 0.25) is 0 Å². The molecule has 0 amide bonds. The number of fused-ring (bicyclic) bond motifs is 9. The number of aromatic nitrogens is 3. The maximum absolute atomic E-state index is 10.2. The molecule has 0 spiro atoms. The highest BCUT2D eigenvalue weighted by atomic mass is 16.3. The normalized spacial score (nSPS) is 11.8. The van der Waals surface area contributed by atoms with E-state index >= 15 is 0 Å². The van der Waals surface area contributed by atoms with Crippen LogP contribution < -0.4 is 0 Å². The molecule has 5 heteroatoms. The van der Waals surface area contributed by atoms with Crippen molar-refractivity contribution in [2.75, 3.05) is 0 Å². The van der Waals surface area contributed by atoms with Crippen molar-refractivity contribution in [1.82, 2.24) is 14.1 Å². The molecule has 6 aromatic carbocycles. The quantitative estimate of drug-likeness (QED) is 0.203. The van der Waals surface area contributed by atoms with E-state index in [9.17, 15) is 5.26 Å². The van der Waals surface area contributed by atoms with Gasteiger partial charge in [-0.15, -0.1) is 0 Å². The summed E-state index contributed by atoms with van der Waals surface area (Å²) in [6.45, 7) is 0. The molecular weight excluding hydrogens is 576 g/mol. The molecule has 0 aliphatic carbocycles. The monoisotopic (exact) mass is 600 g/mol. The second-order valence-corrected chi connectivity index (χ2v) is 12.0. The number of nitriles is 1. The van der Waals surface area contributed by atoms with Gasteiger partial charge in [0.1, 0.15) is 11.2 Å². The Kier molecular flexibility index (Phi) is 5.28. The number of hydrogen-bond donors (Lipinski definition) is 0. The molecule has 4 aromatic heterocycles. The smallest absolute Gasteiger partial charge is 0.137 e. The molecule has 0 atom stereocenters. The van der Waals surface area contributed by atoms with Gasteiger partial charge >= 0.3 is 0 Å². The number of hydrogen-bond acceptors (Lipinski definition) is 3. The van der Waals surface area contributed by atoms with E-state index in [0.29, 0.717) is 5.56 Å². The Morgan fingerprint density at radius 2 is 1.19 bits per heavy atom. The van der Waals surface area contributed by atoms with Crippen LogP contribution in [0.3, 0.4) is 0 Å². The highest BCUT2D eigenvalue weighted by Gasteiger charge is 2.18. The summed E-state index contributed by atoms with van der Waals surface area (Å²) in [5.41, 5.74) is 11.5. The molecule has 10 aromatic rings. The average Bonchev–Trinajstić information content (AvgIpc) is 3.77. The van der Waals surface area contributed by atoms with Crippen LogP contribution in [0.2, 0.25) is 0 Å². The highest BCUT2D eigenvalue weighted by Crippen LogP contribution is 2.39. The van der Waals surface area contributed by atoms with Crippen molar-refractivity contribution in [3.8, 4) is 28.6 Å². The molecule has 218 valence electrons. The largest absolute Gasteiger partial charge is 0.456 e. The average molecular weight is 601 g/mol. The molecule has 0 fully saturated rings. The molecule has 0 radical (unpaired) electrons. The lowest BCUT2D eigenvalue weighted by atomic mass is 10.0. The molecule has 5 nitrogen and oxygen atoms in total. The van der Waals surface area contributed by atoms with Crippen LogP contribution >= 0.6 is 0 Å². The first-order valence-corrected chi connectivity index (χ1v) is 15.6. The fraction of sp³-hybridized carbons (Fsp3) is 0. The Labute approximate surface area is 268 Å². The van der Waals surface area contributed by atoms with E-state index in [1.165, 1.54) is 10.8 Å². The van der Waals surface area contributed by atoms with Gasteiger partial charge in [-0.2, -0.15) is 5.26 Å². The van der Waals surface area contributed by atoms with Crippen molar-refractivity contribution >= 4 is 65.7 Å². The second-order valence-electron chi connectivity index (χ2n) is 12.0. The van der Waals surface area contributed by atoms with Crippen LogP contribution in [0, 0.1) is 11.3 Å². The van der Waals surface area contributed by atoms with E-state index in [1.54, 1.807) is 0 Å². The molecule has 0 N–H and O–H groups in total.